The van der Waals surface area contributed by atoms with Gasteiger partial charge in [0.15, 0.2) is 0 Å². The molecule has 1 aliphatic rings. The number of nitrogens with zero attached hydrogens (tertiary/aromatic N) is 2. The molecule has 2 aromatic carbocycles. The molecule has 1 aromatic heterocycles. The quantitative estimate of drug-likeness (QED) is 0.376. The summed E-state index contributed by atoms with van der Waals surface area (Å²) in [4.78, 5) is 6.17. The SMILES string of the molecule is CNCC[C@H](OCc1cccc(CN2CCC(c3cccc(O)c3)(N(C)C)CC2)c1)c1cccs1. The molecule has 2 heterocycles. The van der Waals surface area contributed by atoms with E-state index in [0.29, 0.717) is 12.4 Å². The van der Waals surface area contributed by atoms with Crippen molar-refractivity contribution in [2.45, 2.75) is 44.1 Å². The standard InChI is InChI=1S/C29H39N3O2S/c1-30-15-12-27(28-11-6-18-35-28)34-22-24-8-4-7-23(19-24)21-32-16-13-29(14-17-32,31(2)3)25-9-5-10-26(33)20-25/h4-11,18-20,27,30,33H,12-17,21-22H2,1-3H3/t27-/m0/s1. The maximum absolute atomic E-state index is 10.0. The maximum atomic E-state index is 10.0. The monoisotopic (exact) mass is 493 g/mol. The molecule has 1 aliphatic heterocycles. The molecular formula is C29H39N3O2S. The van der Waals surface area contributed by atoms with Crippen LogP contribution in [0.15, 0.2) is 66.0 Å². The molecule has 1 saturated heterocycles. The highest BCUT2D eigenvalue weighted by molar-refractivity contribution is 7.10. The van der Waals surface area contributed by atoms with E-state index >= 15 is 0 Å². The number of rotatable bonds is 11. The molecule has 0 unspecified atom stereocenters. The third-order valence-electron chi connectivity index (χ3n) is 7.29. The van der Waals surface area contributed by atoms with Gasteiger partial charge in [-0.05, 0) is 87.2 Å². The molecule has 4 rings (SSSR count). The maximum Gasteiger partial charge on any atom is 0.115 e. The first-order valence-electron chi connectivity index (χ1n) is 12.6. The van der Waals surface area contributed by atoms with E-state index < -0.39 is 0 Å². The Morgan fingerprint density at radius 1 is 1.06 bits per heavy atom. The van der Waals surface area contributed by atoms with Crippen LogP contribution < -0.4 is 5.32 Å². The highest BCUT2D eigenvalue weighted by atomic mass is 32.1. The van der Waals surface area contributed by atoms with Crippen LogP contribution in [-0.2, 0) is 23.4 Å². The smallest absolute Gasteiger partial charge is 0.115 e. The first-order chi connectivity index (χ1) is 17.0. The van der Waals surface area contributed by atoms with E-state index in [1.54, 1.807) is 17.4 Å². The summed E-state index contributed by atoms with van der Waals surface area (Å²) in [6.45, 7) is 4.57. The average molecular weight is 494 g/mol. The van der Waals surface area contributed by atoms with Gasteiger partial charge < -0.3 is 15.2 Å². The molecule has 35 heavy (non-hydrogen) atoms. The predicted octanol–water partition coefficient (Wildman–Crippen LogP) is 5.37. The minimum Gasteiger partial charge on any atom is -0.508 e. The number of hydrogen-bond donors (Lipinski definition) is 2. The number of benzene rings is 2. The molecule has 0 spiro atoms. The summed E-state index contributed by atoms with van der Waals surface area (Å²) in [5, 5.41) is 15.4. The molecule has 2 N–H and O–H groups in total. The molecule has 1 fully saturated rings. The molecule has 188 valence electrons. The van der Waals surface area contributed by atoms with E-state index in [2.05, 4.69) is 77.1 Å². The van der Waals surface area contributed by atoms with Gasteiger partial charge in [0.25, 0.3) is 0 Å². The van der Waals surface area contributed by atoms with E-state index in [1.807, 2.05) is 19.2 Å². The second kappa shape index (κ2) is 12.2. The van der Waals surface area contributed by atoms with Crippen molar-refractivity contribution in [3.63, 3.8) is 0 Å². The van der Waals surface area contributed by atoms with Gasteiger partial charge in [-0.1, -0.05) is 42.5 Å². The summed E-state index contributed by atoms with van der Waals surface area (Å²) in [5.41, 5.74) is 3.74. The second-order valence-electron chi connectivity index (χ2n) is 9.78. The molecule has 1 atom stereocenters. The van der Waals surface area contributed by atoms with Crippen molar-refractivity contribution in [1.29, 1.82) is 0 Å². The number of aromatic hydroxyl groups is 1. The largest absolute Gasteiger partial charge is 0.508 e. The summed E-state index contributed by atoms with van der Waals surface area (Å²) >= 11 is 1.77. The van der Waals surface area contributed by atoms with Crippen LogP contribution in [0.25, 0.3) is 0 Å². The number of likely N-dealkylation sites (tertiary alicyclic amines) is 1. The van der Waals surface area contributed by atoms with Crippen molar-refractivity contribution in [2.75, 3.05) is 40.8 Å². The van der Waals surface area contributed by atoms with Crippen LogP contribution in [0, 0.1) is 0 Å². The molecule has 6 heteroatoms. The van der Waals surface area contributed by atoms with E-state index in [9.17, 15) is 5.11 Å². The molecule has 0 saturated carbocycles. The van der Waals surface area contributed by atoms with Crippen molar-refractivity contribution >= 4 is 11.3 Å². The minimum absolute atomic E-state index is 0.0327. The lowest BCUT2D eigenvalue weighted by Gasteiger charge is -2.46. The van der Waals surface area contributed by atoms with E-state index in [1.165, 1.54) is 21.6 Å². The highest BCUT2D eigenvalue weighted by Gasteiger charge is 2.38. The van der Waals surface area contributed by atoms with Crippen molar-refractivity contribution in [3.8, 4) is 5.75 Å². The lowest BCUT2D eigenvalue weighted by atomic mass is 9.79. The summed E-state index contributed by atoms with van der Waals surface area (Å²) < 4.78 is 6.36. The Labute approximate surface area is 214 Å². The van der Waals surface area contributed by atoms with Crippen molar-refractivity contribution in [3.05, 3.63) is 87.6 Å². The Balaban J connectivity index is 1.36. The zero-order chi connectivity index (χ0) is 24.7. The number of piperidine rings is 1. The molecule has 0 amide bonds. The number of phenols is 1. The van der Waals surface area contributed by atoms with Crippen LogP contribution in [-0.4, -0.2) is 55.7 Å². The van der Waals surface area contributed by atoms with Crippen LogP contribution in [0.5, 0.6) is 5.75 Å². The van der Waals surface area contributed by atoms with Gasteiger partial charge in [0.1, 0.15) is 5.75 Å². The Kier molecular flexibility index (Phi) is 8.98. The average Bonchev–Trinajstić information content (AvgIpc) is 3.40. The fourth-order valence-electron chi connectivity index (χ4n) is 5.20. The Bertz CT molecular complexity index is 1050. The summed E-state index contributed by atoms with van der Waals surface area (Å²) in [5.74, 6) is 0.345. The molecule has 0 bridgehead atoms. The topological polar surface area (TPSA) is 48.0 Å². The van der Waals surface area contributed by atoms with Crippen LogP contribution in [0.1, 0.15) is 46.9 Å². The fourth-order valence-corrected chi connectivity index (χ4v) is 6.01. The van der Waals surface area contributed by atoms with Crippen LogP contribution in [0.4, 0.5) is 0 Å². The third-order valence-corrected chi connectivity index (χ3v) is 8.25. The van der Waals surface area contributed by atoms with Gasteiger partial charge >= 0.3 is 0 Å². The Morgan fingerprint density at radius 2 is 1.83 bits per heavy atom. The van der Waals surface area contributed by atoms with Gasteiger partial charge in [0, 0.05) is 30.1 Å². The minimum atomic E-state index is -0.0327. The second-order valence-corrected chi connectivity index (χ2v) is 10.8. The zero-order valence-corrected chi connectivity index (χ0v) is 22.1. The van der Waals surface area contributed by atoms with E-state index in [0.717, 1.165) is 45.4 Å². The number of phenolic OH excluding ortho intramolecular Hbond substituents is 1. The van der Waals surface area contributed by atoms with Gasteiger partial charge in [0.2, 0.25) is 0 Å². The lowest BCUT2D eigenvalue weighted by Crippen LogP contribution is -2.50. The third kappa shape index (κ3) is 6.51. The number of thiophene rings is 1. The zero-order valence-electron chi connectivity index (χ0n) is 21.2. The summed E-state index contributed by atoms with van der Waals surface area (Å²) in [6, 6.07) is 20.9. The Morgan fingerprint density at radius 3 is 2.51 bits per heavy atom. The highest BCUT2D eigenvalue weighted by Crippen LogP contribution is 2.38. The van der Waals surface area contributed by atoms with Gasteiger partial charge in [-0.3, -0.25) is 9.80 Å². The van der Waals surface area contributed by atoms with Crippen LogP contribution in [0.2, 0.25) is 0 Å². The van der Waals surface area contributed by atoms with Gasteiger partial charge in [-0.15, -0.1) is 11.3 Å². The van der Waals surface area contributed by atoms with Gasteiger partial charge in [-0.25, -0.2) is 0 Å². The summed E-state index contributed by atoms with van der Waals surface area (Å²) in [7, 11) is 6.30. The molecule has 5 nitrogen and oxygen atoms in total. The van der Waals surface area contributed by atoms with Crippen molar-refractivity contribution in [2.24, 2.45) is 0 Å². The molecule has 3 aromatic rings. The lowest BCUT2D eigenvalue weighted by molar-refractivity contribution is 0.0365. The summed E-state index contributed by atoms with van der Waals surface area (Å²) in [6.07, 6.45) is 3.18. The van der Waals surface area contributed by atoms with Crippen molar-refractivity contribution < 1.29 is 9.84 Å². The fraction of sp³-hybridized carbons (Fsp3) is 0.448. The molecule has 0 radical (unpaired) electrons. The number of nitrogens with one attached hydrogen (secondary N) is 1. The van der Waals surface area contributed by atoms with Crippen LogP contribution >= 0.6 is 11.3 Å². The number of ether oxygens (including phenoxy) is 1. The first kappa shape index (κ1) is 25.9. The van der Waals surface area contributed by atoms with E-state index in [4.69, 9.17) is 4.74 Å². The molecule has 0 aliphatic carbocycles. The van der Waals surface area contributed by atoms with Crippen molar-refractivity contribution in [1.82, 2.24) is 15.1 Å². The normalized spacial score (nSPS) is 17.0. The Hall–Kier alpha value is -2.22. The predicted molar refractivity (Wildman–Crippen MR) is 145 cm³/mol. The number of hydrogen-bond acceptors (Lipinski definition) is 6. The van der Waals surface area contributed by atoms with E-state index in [-0.39, 0.29) is 11.6 Å². The van der Waals surface area contributed by atoms with Gasteiger partial charge in [-0.2, -0.15) is 0 Å². The van der Waals surface area contributed by atoms with Gasteiger partial charge in [0.05, 0.1) is 12.7 Å². The molecular weight excluding hydrogens is 454 g/mol. The first-order valence-corrected chi connectivity index (χ1v) is 13.4. The van der Waals surface area contributed by atoms with Crippen LogP contribution in [0.3, 0.4) is 0 Å².